The number of hydrogen-bond donors (Lipinski definition) is 1. The maximum Gasteiger partial charge on any atom is 0.269 e. The van der Waals surface area contributed by atoms with Crippen LogP contribution in [0.4, 0.5) is 5.69 Å². The Bertz CT molecular complexity index is 498. The van der Waals surface area contributed by atoms with E-state index in [1.165, 1.54) is 6.07 Å². The van der Waals surface area contributed by atoms with Gasteiger partial charge in [0.2, 0.25) is 0 Å². The van der Waals surface area contributed by atoms with Crippen LogP contribution in [-0.4, -0.2) is 23.9 Å². The molecule has 0 amide bonds. The predicted octanol–water partition coefficient (Wildman–Crippen LogP) is 2.54. The van der Waals surface area contributed by atoms with Crippen LogP contribution < -0.4 is 5.73 Å². The average Bonchev–Trinajstić information content (AvgIpc) is 2.34. The molecule has 18 heavy (non-hydrogen) atoms. The number of nitro benzene ring substituents is 1. The third kappa shape index (κ3) is 4.21. The van der Waals surface area contributed by atoms with E-state index in [1.807, 2.05) is 6.92 Å². The Morgan fingerprint density at radius 2 is 2.33 bits per heavy atom. The van der Waals surface area contributed by atoms with E-state index < -0.39 is 4.92 Å². The summed E-state index contributed by atoms with van der Waals surface area (Å²) in [5, 5.41) is 10.6. The van der Waals surface area contributed by atoms with E-state index in [4.69, 9.17) is 5.73 Å². The number of nitrogens with two attached hydrogens (primary N) is 1. The van der Waals surface area contributed by atoms with Gasteiger partial charge >= 0.3 is 0 Å². The van der Waals surface area contributed by atoms with E-state index in [9.17, 15) is 10.1 Å². The topological polar surface area (TPSA) is 81.5 Å². The second kappa shape index (κ2) is 6.80. The van der Waals surface area contributed by atoms with Gasteiger partial charge in [0, 0.05) is 41.7 Å². The molecule has 0 heterocycles. The molecule has 0 unspecified atom stereocenters. The number of aryl methyl sites for hydroxylation is 1. The van der Waals surface area contributed by atoms with Crippen molar-refractivity contribution in [2.24, 2.45) is 10.7 Å². The van der Waals surface area contributed by atoms with Crippen molar-refractivity contribution in [2.45, 2.75) is 11.8 Å². The Balaban J connectivity index is 2.72. The number of thioether (sulfide) groups is 1. The summed E-state index contributed by atoms with van der Waals surface area (Å²) in [5.41, 5.74) is 7.48. The number of non-ortho nitro benzene ring substituents is 1. The normalized spacial score (nSPS) is 12.0. The van der Waals surface area contributed by atoms with E-state index in [1.54, 1.807) is 43.2 Å². The van der Waals surface area contributed by atoms with Crippen molar-refractivity contribution in [1.82, 2.24) is 0 Å². The molecular formula is C12H15N3O2S. The largest absolute Gasteiger partial charge is 0.401 e. The highest BCUT2D eigenvalue weighted by Crippen LogP contribution is 2.26. The van der Waals surface area contributed by atoms with E-state index in [-0.39, 0.29) is 5.69 Å². The predicted molar refractivity (Wildman–Crippen MR) is 75.2 cm³/mol. The molecule has 0 saturated heterocycles. The zero-order valence-corrected chi connectivity index (χ0v) is 11.1. The summed E-state index contributed by atoms with van der Waals surface area (Å²) in [6, 6.07) is 4.82. The first-order chi connectivity index (χ1) is 8.54. The van der Waals surface area contributed by atoms with Gasteiger partial charge in [-0.05, 0) is 24.6 Å². The molecule has 0 aliphatic carbocycles. The Labute approximate surface area is 110 Å². The molecule has 0 radical (unpaired) electrons. The summed E-state index contributed by atoms with van der Waals surface area (Å²) < 4.78 is 0. The molecule has 0 atom stereocenters. The number of hydrogen-bond acceptors (Lipinski definition) is 5. The van der Waals surface area contributed by atoms with Gasteiger partial charge in [-0.2, -0.15) is 0 Å². The number of rotatable bonds is 5. The smallest absolute Gasteiger partial charge is 0.269 e. The molecular weight excluding hydrogens is 250 g/mol. The summed E-state index contributed by atoms with van der Waals surface area (Å²) in [4.78, 5) is 15.0. The Kier molecular flexibility index (Phi) is 5.38. The molecule has 1 aromatic carbocycles. The number of benzene rings is 1. The second-order valence-electron chi connectivity index (χ2n) is 3.64. The molecule has 0 spiro atoms. The monoisotopic (exact) mass is 265 g/mol. The molecule has 1 aromatic rings. The first kappa shape index (κ1) is 14.2. The van der Waals surface area contributed by atoms with Crippen LogP contribution in [0.25, 0.3) is 0 Å². The second-order valence-corrected chi connectivity index (χ2v) is 4.66. The molecule has 0 saturated carbocycles. The lowest BCUT2D eigenvalue weighted by molar-refractivity contribution is -0.385. The lowest BCUT2D eigenvalue weighted by Crippen LogP contribution is -2.00. The first-order valence-electron chi connectivity index (χ1n) is 5.29. The first-order valence-corrected chi connectivity index (χ1v) is 6.27. The Hall–Kier alpha value is -1.82. The molecule has 0 aliphatic rings. The third-order valence-corrected chi connectivity index (χ3v) is 3.45. The molecule has 96 valence electrons. The van der Waals surface area contributed by atoms with Crippen LogP contribution in [0.5, 0.6) is 0 Å². The minimum absolute atomic E-state index is 0.110. The molecule has 1 rings (SSSR count). The van der Waals surface area contributed by atoms with Gasteiger partial charge in [-0.25, -0.2) is 0 Å². The Morgan fingerprint density at radius 1 is 1.61 bits per heavy atom. The van der Waals surface area contributed by atoms with E-state index in [0.29, 0.717) is 11.4 Å². The summed E-state index contributed by atoms with van der Waals surface area (Å²) in [7, 11) is 1.68. The number of nitrogens with zero attached hydrogens (tertiary/aromatic N) is 2. The standard InChI is InChI=1S/C12H15N3O2S/c1-9-7-11(15(16)17)3-4-12(9)18-8-10(13)5-6-14-2/h3-7H,8,13H2,1-2H3/b10-5-,14-6?. The van der Waals surface area contributed by atoms with Gasteiger partial charge in [-0.3, -0.25) is 15.1 Å². The van der Waals surface area contributed by atoms with Crippen molar-refractivity contribution in [1.29, 1.82) is 0 Å². The molecule has 0 aliphatic heterocycles. The maximum absolute atomic E-state index is 10.6. The van der Waals surface area contributed by atoms with Gasteiger partial charge in [0.1, 0.15) is 0 Å². The fraction of sp³-hybridized carbons (Fsp3) is 0.250. The van der Waals surface area contributed by atoms with Crippen LogP contribution in [0.3, 0.4) is 0 Å². The van der Waals surface area contributed by atoms with E-state index in [0.717, 1.165) is 10.5 Å². The van der Waals surface area contributed by atoms with Gasteiger partial charge in [-0.1, -0.05) is 0 Å². The van der Waals surface area contributed by atoms with Crippen molar-refractivity contribution >= 4 is 23.7 Å². The maximum atomic E-state index is 10.6. The van der Waals surface area contributed by atoms with Gasteiger partial charge in [0.15, 0.2) is 0 Å². The van der Waals surface area contributed by atoms with Crippen molar-refractivity contribution < 1.29 is 4.92 Å². The van der Waals surface area contributed by atoms with Gasteiger partial charge in [0.25, 0.3) is 5.69 Å². The SMILES string of the molecule is CN=C/C=C(\N)CSc1ccc([N+](=O)[O-])cc1C. The Morgan fingerprint density at radius 3 is 2.89 bits per heavy atom. The van der Waals surface area contributed by atoms with Crippen molar-refractivity contribution in [3.05, 3.63) is 45.6 Å². The molecule has 0 fully saturated rings. The molecule has 2 N–H and O–H groups in total. The molecule has 6 heteroatoms. The third-order valence-electron chi connectivity index (χ3n) is 2.20. The van der Waals surface area contributed by atoms with Crippen molar-refractivity contribution in [2.75, 3.05) is 12.8 Å². The lowest BCUT2D eigenvalue weighted by Gasteiger charge is -2.05. The molecule has 5 nitrogen and oxygen atoms in total. The fourth-order valence-corrected chi connectivity index (χ4v) is 2.16. The highest BCUT2D eigenvalue weighted by molar-refractivity contribution is 7.99. The summed E-state index contributed by atoms with van der Waals surface area (Å²) in [6.07, 6.45) is 3.38. The van der Waals surface area contributed by atoms with Crippen molar-refractivity contribution in [3.63, 3.8) is 0 Å². The van der Waals surface area contributed by atoms with Gasteiger partial charge in [-0.15, -0.1) is 11.8 Å². The van der Waals surface area contributed by atoms with Crippen LogP contribution in [0.1, 0.15) is 5.56 Å². The zero-order valence-electron chi connectivity index (χ0n) is 10.3. The number of aliphatic imine (C=N–C) groups is 1. The van der Waals surface area contributed by atoms with E-state index >= 15 is 0 Å². The van der Waals surface area contributed by atoms with E-state index in [2.05, 4.69) is 4.99 Å². The van der Waals surface area contributed by atoms with Crippen LogP contribution in [0.15, 0.2) is 39.9 Å². The fourth-order valence-electron chi connectivity index (χ4n) is 1.29. The highest BCUT2D eigenvalue weighted by Gasteiger charge is 2.08. The minimum Gasteiger partial charge on any atom is -0.401 e. The molecule has 0 bridgehead atoms. The van der Waals surface area contributed by atoms with Crippen LogP contribution in [0, 0.1) is 17.0 Å². The number of nitro groups is 1. The van der Waals surface area contributed by atoms with Crippen molar-refractivity contribution in [3.8, 4) is 0 Å². The minimum atomic E-state index is -0.395. The molecule has 0 aromatic heterocycles. The van der Waals surface area contributed by atoms with Crippen LogP contribution in [0.2, 0.25) is 0 Å². The highest BCUT2D eigenvalue weighted by atomic mass is 32.2. The lowest BCUT2D eigenvalue weighted by atomic mass is 10.2. The number of allylic oxidation sites excluding steroid dienone is 1. The summed E-state index contributed by atoms with van der Waals surface area (Å²) in [5.74, 6) is 0.630. The van der Waals surface area contributed by atoms with Crippen LogP contribution in [-0.2, 0) is 0 Å². The summed E-state index contributed by atoms with van der Waals surface area (Å²) >= 11 is 1.55. The quantitative estimate of drug-likeness (QED) is 0.384. The zero-order chi connectivity index (χ0) is 13.5. The van der Waals surface area contributed by atoms with Gasteiger partial charge in [0.05, 0.1) is 4.92 Å². The van der Waals surface area contributed by atoms with Gasteiger partial charge < -0.3 is 5.73 Å². The van der Waals surface area contributed by atoms with Crippen LogP contribution >= 0.6 is 11.8 Å². The average molecular weight is 265 g/mol. The summed E-state index contributed by atoms with van der Waals surface area (Å²) in [6.45, 7) is 1.85.